The molecule has 30 heavy (non-hydrogen) atoms. The number of halogens is 3. The molecule has 3 heterocycles. The summed E-state index contributed by atoms with van der Waals surface area (Å²) < 4.78 is 46.1. The molecule has 0 spiro atoms. The summed E-state index contributed by atoms with van der Waals surface area (Å²) in [6.07, 6.45) is 3.43. The Morgan fingerprint density at radius 2 is 1.80 bits per heavy atom. The van der Waals surface area contributed by atoms with E-state index in [-0.39, 0.29) is 11.3 Å². The fraction of sp³-hybridized carbons (Fsp3) is 0.545. The second kappa shape index (κ2) is 8.15. The molecule has 3 aliphatic rings. The van der Waals surface area contributed by atoms with E-state index in [0.717, 1.165) is 51.1 Å². The van der Waals surface area contributed by atoms with Gasteiger partial charge in [-0.3, -0.25) is 0 Å². The normalized spacial score (nSPS) is 26.6. The van der Waals surface area contributed by atoms with Crippen LogP contribution in [0.15, 0.2) is 24.3 Å². The molecule has 0 bridgehead atoms. The predicted molar refractivity (Wildman–Crippen MR) is 106 cm³/mol. The molecule has 0 amide bonds. The molecule has 5 nitrogen and oxygen atoms in total. The minimum absolute atomic E-state index is 0.104. The molecule has 160 valence electrons. The number of fused-ring (bicyclic) bond motifs is 1. The molecule has 2 aromatic rings. The van der Waals surface area contributed by atoms with Crippen LogP contribution in [0, 0.1) is 35.2 Å². The molecule has 2 aliphatic heterocycles. The van der Waals surface area contributed by atoms with Gasteiger partial charge in [-0.05, 0) is 55.8 Å². The number of nitrogens with one attached hydrogen (secondary N) is 1. The van der Waals surface area contributed by atoms with Crippen LogP contribution < -0.4 is 5.32 Å². The molecular weight excluding hydrogens is 393 g/mol. The summed E-state index contributed by atoms with van der Waals surface area (Å²) in [7, 11) is 0. The lowest BCUT2D eigenvalue weighted by atomic mass is 10.0. The number of benzene rings is 1. The summed E-state index contributed by atoms with van der Waals surface area (Å²) in [5, 5.41) is 11.5. The second-order valence-electron chi connectivity index (χ2n) is 8.84. The molecule has 3 atom stereocenters. The number of nitrogens with zero attached hydrogens (tertiary/aromatic N) is 3. The summed E-state index contributed by atoms with van der Waals surface area (Å²) in [5.41, 5.74) is -0.122. The lowest BCUT2D eigenvalue weighted by Gasteiger charge is -2.28. The summed E-state index contributed by atoms with van der Waals surface area (Å²) in [6, 6.07) is 5.00. The molecule has 1 aromatic heterocycles. The molecule has 3 fully saturated rings. The minimum atomic E-state index is -1.23. The van der Waals surface area contributed by atoms with Crippen molar-refractivity contribution in [3.05, 3.63) is 41.7 Å². The van der Waals surface area contributed by atoms with Gasteiger partial charge in [0.25, 0.3) is 0 Å². The number of ether oxygens (including phenoxy) is 1. The van der Waals surface area contributed by atoms with E-state index in [1.807, 2.05) is 0 Å². The van der Waals surface area contributed by atoms with Crippen LogP contribution in [0.1, 0.15) is 19.3 Å². The second-order valence-corrected chi connectivity index (χ2v) is 8.84. The van der Waals surface area contributed by atoms with Crippen molar-refractivity contribution in [2.45, 2.75) is 25.3 Å². The van der Waals surface area contributed by atoms with Crippen LogP contribution in [0.25, 0.3) is 11.3 Å². The highest BCUT2D eigenvalue weighted by atomic mass is 19.2. The maximum Gasteiger partial charge on any atom is 0.168 e. The maximum atomic E-state index is 13.9. The third-order valence-electron chi connectivity index (χ3n) is 6.67. The fourth-order valence-electron chi connectivity index (χ4n) is 5.02. The molecule has 1 N–H and O–H groups in total. The molecule has 8 heteroatoms. The molecule has 0 radical (unpaired) electrons. The molecule has 1 aliphatic carbocycles. The van der Waals surface area contributed by atoms with Crippen LogP contribution in [0.3, 0.4) is 0 Å². The van der Waals surface area contributed by atoms with Crippen molar-refractivity contribution in [3.63, 3.8) is 0 Å². The van der Waals surface area contributed by atoms with Crippen molar-refractivity contribution in [1.29, 1.82) is 0 Å². The Bertz CT molecular complexity index is 892. The Labute approximate surface area is 173 Å². The average Bonchev–Trinajstić information content (AvgIpc) is 3.22. The van der Waals surface area contributed by atoms with Crippen molar-refractivity contribution >= 4 is 5.82 Å². The van der Waals surface area contributed by atoms with Gasteiger partial charge >= 0.3 is 0 Å². The topological polar surface area (TPSA) is 50.3 Å². The Hall–Kier alpha value is -2.19. The van der Waals surface area contributed by atoms with Gasteiger partial charge in [-0.2, -0.15) is 0 Å². The molecular formula is C22H25F3N4O. The number of aromatic nitrogens is 2. The highest BCUT2D eigenvalue weighted by Gasteiger charge is 2.41. The van der Waals surface area contributed by atoms with Crippen molar-refractivity contribution in [1.82, 2.24) is 15.1 Å². The minimum Gasteiger partial charge on any atom is -0.381 e. The van der Waals surface area contributed by atoms with Crippen molar-refractivity contribution < 1.29 is 17.9 Å². The van der Waals surface area contributed by atoms with Gasteiger partial charge in [0.15, 0.2) is 11.6 Å². The van der Waals surface area contributed by atoms with Gasteiger partial charge in [-0.15, -0.1) is 10.2 Å². The van der Waals surface area contributed by atoms with E-state index in [9.17, 15) is 13.2 Å². The lowest BCUT2D eigenvalue weighted by molar-refractivity contribution is -0.0385. The maximum absolute atomic E-state index is 13.9. The van der Waals surface area contributed by atoms with Crippen LogP contribution in [-0.2, 0) is 4.74 Å². The first-order valence-corrected chi connectivity index (χ1v) is 10.6. The van der Waals surface area contributed by atoms with E-state index in [1.165, 1.54) is 19.0 Å². The van der Waals surface area contributed by atoms with Gasteiger partial charge in [0.05, 0.1) is 18.9 Å². The van der Waals surface area contributed by atoms with Crippen LogP contribution >= 0.6 is 0 Å². The SMILES string of the molecule is Fc1cc(F)c(F)c(-c2ccc(NC3C[C@@H]4CN(CCC5COC5)C[C@@H]4C3)nn2)c1. The van der Waals surface area contributed by atoms with E-state index < -0.39 is 17.5 Å². The predicted octanol–water partition coefficient (Wildman–Crippen LogP) is 3.72. The lowest BCUT2D eigenvalue weighted by Crippen LogP contribution is -2.33. The number of hydrogen-bond donors (Lipinski definition) is 1. The van der Waals surface area contributed by atoms with Crippen molar-refractivity contribution in [3.8, 4) is 11.3 Å². The van der Waals surface area contributed by atoms with Crippen molar-refractivity contribution in [2.24, 2.45) is 17.8 Å². The molecule has 1 unspecified atom stereocenters. The Balaban J connectivity index is 1.15. The van der Waals surface area contributed by atoms with E-state index >= 15 is 0 Å². The number of likely N-dealkylation sites (tertiary alicyclic amines) is 1. The number of rotatable bonds is 6. The largest absolute Gasteiger partial charge is 0.381 e. The Morgan fingerprint density at radius 3 is 2.43 bits per heavy atom. The zero-order valence-corrected chi connectivity index (χ0v) is 16.7. The van der Waals surface area contributed by atoms with Gasteiger partial charge in [-0.1, -0.05) is 0 Å². The van der Waals surface area contributed by atoms with Gasteiger partial charge in [0.1, 0.15) is 11.6 Å². The average molecular weight is 418 g/mol. The molecule has 1 aromatic carbocycles. The summed E-state index contributed by atoms with van der Waals surface area (Å²) in [4.78, 5) is 2.59. The highest BCUT2D eigenvalue weighted by molar-refractivity contribution is 5.60. The van der Waals surface area contributed by atoms with Gasteiger partial charge in [0, 0.05) is 36.7 Å². The van der Waals surface area contributed by atoms with Crippen LogP contribution in [0.5, 0.6) is 0 Å². The van der Waals surface area contributed by atoms with Crippen LogP contribution in [0.4, 0.5) is 19.0 Å². The van der Waals surface area contributed by atoms with E-state index in [0.29, 0.717) is 29.8 Å². The molecule has 1 saturated carbocycles. The van der Waals surface area contributed by atoms with Gasteiger partial charge in [-0.25, -0.2) is 13.2 Å². The third kappa shape index (κ3) is 4.03. The van der Waals surface area contributed by atoms with Gasteiger partial charge < -0.3 is 15.0 Å². The highest BCUT2D eigenvalue weighted by Crippen LogP contribution is 2.39. The van der Waals surface area contributed by atoms with Crippen LogP contribution in [-0.4, -0.2) is 54.0 Å². The Kier molecular flexibility index (Phi) is 5.37. The molecule has 2 saturated heterocycles. The fourth-order valence-corrected chi connectivity index (χ4v) is 5.02. The standard InChI is InChI=1S/C22H25F3N4O/c23-16-7-18(22(25)19(24)8-16)20-1-2-21(28-27-20)26-17-5-14-9-29(10-15(14)6-17)4-3-13-11-30-12-13/h1-2,7-8,13-15,17H,3-6,9-12H2,(H,26,28)/t14-,15+,17?. The van der Waals surface area contributed by atoms with E-state index in [1.54, 1.807) is 6.07 Å². The monoisotopic (exact) mass is 418 g/mol. The molecule has 5 rings (SSSR count). The van der Waals surface area contributed by atoms with Crippen molar-refractivity contribution in [2.75, 3.05) is 38.2 Å². The number of anilines is 1. The zero-order chi connectivity index (χ0) is 20.7. The van der Waals surface area contributed by atoms with Crippen LogP contribution in [0.2, 0.25) is 0 Å². The van der Waals surface area contributed by atoms with E-state index in [2.05, 4.69) is 20.4 Å². The zero-order valence-electron chi connectivity index (χ0n) is 16.7. The first-order chi connectivity index (χ1) is 14.5. The summed E-state index contributed by atoms with van der Waals surface area (Å²) >= 11 is 0. The quantitative estimate of drug-likeness (QED) is 0.725. The number of hydrogen-bond acceptors (Lipinski definition) is 5. The van der Waals surface area contributed by atoms with E-state index in [4.69, 9.17) is 4.74 Å². The van der Waals surface area contributed by atoms with Gasteiger partial charge in [0.2, 0.25) is 0 Å². The Morgan fingerprint density at radius 1 is 1.03 bits per heavy atom. The summed E-state index contributed by atoms with van der Waals surface area (Å²) in [5.74, 6) is -0.443. The first-order valence-electron chi connectivity index (χ1n) is 10.6. The summed E-state index contributed by atoms with van der Waals surface area (Å²) in [6.45, 7) is 5.33. The third-order valence-corrected chi connectivity index (χ3v) is 6.67. The first kappa shape index (κ1) is 19.8. The smallest absolute Gasteiger partial charge is 0.168 e.